The first-order chi connectivity index (χ1) is 17.8. The lowest BCUT2D eigenvalue weighted by atomic mass is 9.67. The number of hydrogen-bond donors (Lipinski definition) is 2. The van der Waals surface area contributed by atoms with Crippen molar-refractivity contribution in [2.75, 3.05) is 22.4 Å². The summed E-state index contributed by atoms with van der Waals surface area (Å²) in [6.45, 7) is 5.19. The van der Waals surface area contributed by atoms with Gasteiger partial charge in [-0.15, -0.1) is 0 Å². The van der Waals surface area contributed by atoms with Gasteiger partial charge in [-0.2, -0.15) is 13.2 Å². The van der Waals surface area contributed by atoms with Crippen LogP contribution in [-0.2, 0) is 25.5 Å². The summed E-state index contributed by atoms with van der Waals surface area (Å²) in [6.07, 6.45) is -3.20. The highest BCUT2D eigenvalue weighted by molar-refractivity contribution is 7.92. The molecule has 0 saturated heterocycles. The topological polar surface area (TPSA) is 113 Å². The molecule has 214 valence electrons. The molecule has 1 heterocycles. The number of hydrogen-bond acceptors (Lipinski definition) is 5. The summed E-state index contributed by atoms with van der Waals surface area (Å²) in [6, 6.07) is 10.3. The molecule has 1 spiro atoms. The van der Waals surface area contributed by atoms with E-state index >= 15 is 0 Å². The summed E-state index contributed by atoms with van der Waals surface area (Å²) >= 11 is 0. The van der Waals surface area contributed by atoms with E-state index in [9.17, 15) is 34.8 Å². The fourth-order valence-corrected chi connectivity index (χ4v) is 7.49. The highest BCUT2D eigenvalue weighted by Gasteiger charge is 2.51. The average molecular weight is 588 g/mol. The molecular formula is C26H32F3N3O5S2. The quantitative estimate of drug-likeness (QED) is 0.523. The van der Waals surface area contributed by atoms with Gasteiger partial charge >= 0.3 is 6.18 Å². The van der Waals surface area contributed by atoms with Crippen LogP contribution < -0.4 is 14.3 Å². The van der Waals surface area contributed by atoms with E-state index in [1.807, 2.05) is 0 Å². The van der Waals surface area contributed by atoms with Crippen molar-refractivity contribution in [1.29, 1.82) is 0 Å². The molecule has 0 aromatic heterocycles. The molecule has 0 radical (unpaired) electrons. The predicted molar refractivity (Wildman–Crippen MR) is 143 cm³/mol. The number of nitrogens with zero attached hydrogens (tertiary/aromatic N) is 1. The summed E-state index contributed by atoms with van der Waals surface area (Å²) in [7, 11) is -7.53. The number of benzene rings is 2. The fourth-order valence-electron chi connectivity index (χ4n) is 5.47. The summed E-state index contributed by atoms with van der Waals surface area (Å²) < 4.78 is 94.6. The number of fused-ring (bicyclic) bond motifs is 2. The highest BCUT2D eigenvalue weighted by atomic mass is 32.2. The van der Waals surface area contributed by atoms with Crippen molar-refractivity contribution >= 4 is 37.3 Å². The van der Waals surface area contributed by atoms with Gasteiger partial charge in [0.2, 0.25) is 20.0 Å². The largest absolute Gasteiger partial charge is 0.391 e. The van der Waals surface area contributed by atoms with Crippen molar-refractivity contribution in [3.63, 3.8) is 0 Å². The van der Waals surface area contributed by atoms with Crippen LogP contribution in [0.4, 0.5) is 24.5 Å². The molecule has 0 atom stereocenters. The number of sulfonamides is 2. The van der Waals surface area contributed by atoms with Crippen LogP contribution in [0.25, 0.3) is 0 Å². The van der Waals surface area contributed by atoms with Gasteiger partial charge in [0.15, 0.2) is 0 Å². The van der Waals surface area contributed by atoms with E-state index < -0.39 is 49.0 Å². The Hall–Kier alpha value is -2.64. The second kappa shape index (κ2) is 9.77. The number of carbonyl (C=O) groups excluding carboxylic acids is 1. The van der Waals surface area contributed by atoms with Crippen molar-refractivity contribution in [2.45, 2.75) is 68.5 Å². The average Bonchev–Trinajstić information content (AvgIpc) is 3.09. The first-order valence-electron chi connectivity index (χ1n) is 12.4. The maximum atomic E-state index is 13.8. The maximum Gasteiger partial charge on any atom is 0.391 e. The van der Waals surface area contributed by atoms with E-state index in [2.05, 4.69) is 9.44 Å². The van der Waals surface area contributed by atoms with Gasteiger partial charge in [0.1, 0.15) is 0 Å². The summed E-state index contributed by atoms with van der Waals surface area (Å²) in [5.74, 6) is -1.94. The van der Waals surface area contributed by atoms with E-state index in [0.717, 1.165) is 6.26 Å². The van der Waals surface area contributed by atoms with E-state index in [4.69, 9.17) is 0 Å². The van der Waals surface area contributed by atoms with Gasteiger partial charge in [-0.25, -0.2) is 21.6 Å². The molecular weight excluding hydrogens is 555 g/mol. The molecule has 13 heteroatoms. The molecule has 1 amide bonds. The molecule has 1 aliphatic heterocycles. The van der Waals surface area contributed by atoms with Crippen molar-refractivity contribution in [3.8, 4) is 0 Å². The standard InChI is InChI=1S/C26H32F3N3O5S2/c1-24(2,3)31-39(36,37)20-7-5-6-17(14-20)23(33)32-16-25(12-10-18(11-13-25)26(27,28)29)21-15-19(8-9-22(21)32)30-38(4,34)35/h5-9,14-15,18,30-31H,10-13,16H2,1-4H3/t18-,25-. The van der Waals surface area contributed by atoms with Gasteiger partial charge < -0.3 is 4.90 Å². The van der Waals surface area contributed by atoms with Gasteiger partial charge in [0.25, 0.3) is 5.91 Å². The van der Waals surface area contributed by atoms with Crippen LogP contribution in [0, 0.1) is 5.92 Å². The second-order valence-electron chi connectivity index (χ2n) is 11.5. The Kier molecular flexibility index (Phi) is 7.35. The van der Waals surface area contributed by atoms with E-state index in [0.29, 0.717) is 11.3 Å². The molecule has 2 aliphatic rings. The minimum atomic E-state index is -4.31. The first kappa shape index (κ1) is 29.3. The lowest BCUT2D eigenvalue weighted by molar-refractivity contribution is -0.184. The third-order valence-electron chi connectivity index (χ3n) is 7.11. The highest BCUT2D eigenvalue weighted by Crippen LogP contribution is 2.53. The van der Waals surface area contributed by atoms with Crippen LogP contribution >= 0.6 is 0 Å². The Balaban J connectivity index is 1.72. The molecule has 2 N–H and O–H groups in total. The van der Waals surface area contributed by atoms with Gasteiger partial charge in [-0.3, -0.25) is 9.52 Å². The SMILES string of the molecule is CC(C)(C)NS(=O)(=O)c1cccc(C(=O)N2C[C@]3(CC[C@@H](C(F)(F)F)CC3)c3cc(NS(C)(=O)=O)ccc32)c1. The van der Waals surface area contributed by atoms with Crippen LogP contribution in [0.3, 0.4) is 0 Å². The van der Waals surface area contributed by atoms with Gasteiger partial charge in [0.05, 0.1) is 17.1 Å². The molecule has 1 saturated carbocycles. The van der Waals surface area contributed by atoms with Crippen molar-refractivity contribution < 1.29 is 34.8 Å². The zero-order valence-electron chi connectivity index (χ0n) is 22.1. The van der Waals surface area contributed by atoms with Gasteiger partial charge in [-0.1, -0.05) is 6.07 Å². The Morgan fingerprint density at radius 2 is 1.64 bits per heavy atom. The number of nitrogens with one attached hydrogen (secondary N) is 2. The molecule has 1 fully saturated rings. The van der Waals surface area contributed by atoms with Crippen LogP contribution in [0.2, 0.25) is 0 Å². The van der Waals surface area contributed by atoms with E-state index in [-0.39, 0.29) is 48.4 Å². The first-order valence-corrected chi connectivity index (χ1v) is 15.8. The zero-order valence-corrected chi connectivity index (χ0v) is 23.7. The molecule has 0 unspecified atom stereocenters. The van der Waals surface area contributed by atoms with Crippen molar-refractivity contribution in [3.05, 3.63) is 53.6 Å². The number of carbonyl (C=O) groups is 1. The number of rotatable bonds is 5. The third-order valence-corrected chi connectivity index (χ3v) is 9.47. The van der Waals surface area contributed by atoms with Crippen LogP contribution in [-0.4, -0.2) is 47.3 Å². The summed E-state index contributed by atoms with van der Waals surface area (Å²) in [5, 5.41) is 0. The predicted octanol–water partition coefficient (Wildman–Crippen LogP) is 4.79. The number of anilines is 2. The Labute approximate surface area is 227 Å². The van der Waals surface area contributed by atoms with Crippen LogP contribution in [0.5, 0.6) is 0 Å². The monoisotopic (exact) mass is 587 g/mol. The molecule has 4 rings (SSSR count). The Bertz CT molecular complexity index is 1490. The molecule has 8 nitrogen and oxygen atoms in total. The Morgan fingerprint density at radius 1 is 1.00 bits per heavy atom. The van der Waals surface area contributed by atoms with Gasteiger partial charge in [-0.05, 0) is 88.4 Å². The molecule has 2 aromatic rings. The van der Waals surface area contributed by atoms with Gasteiger partial charge in [0, 0.05) is 34.4 Å². The Morgan fingerprint density at radius 3 is 2.21 bits per heavy atom. The van der Waals surface area contributed by atoms with Crippen LogP contribution in [0.15, 0.2) is 47.4 Å². The molecule has 39 heavy (non-hydrogen) atoms. The van der Waals surface area contributed by atoms with Crippen LogP contribution in [0.1, 0.15) is 62.4 Å². The molecule has 1 aliphatic carbocycles. The number of halogens is 3. The second-order valence-corrected chi connectivity index (χ2v) is 14.9. The van der Waals surface area contributed by atoms with Crippen molar-refractivity contribution in [2.24, 2.45) is 5.92 Å². The van der Waals surface area contributed by atoms with E-state index in [1.165, 1.54) is 35.2 Å². The number of alkyl halides is 3. The lowest BCUT2D eigenvalue weighted by Crippen LogP contribution is -2.42. The minimum Gasteiger partial charge on any atom is -0.307 e. The third kappa shape index (κ3) is 6.41. The lowest BCUT2D eigenvalue weighted by Gasteiger charge is -2.38. The van der Waals surface area contributed by atoms with Crippen molar-refractivity contribution in [1.82, 2.24) is 4.72 Å². The normalized spacial score (nSPS) is 22.1. The molecule has 0 bridgehead atoms. The fraction of sp³-hybridized carbons (Fsp3) is 0.500. The smallest absolute Gasteiger partial charge is 0.307 e. The minimum absolute atomic E-state index is 0.0872. The summed E-state index contributed by atoms with van der Waals surface area (Å²) in [4.78, 5) is 15.1. The summed E-state index contributed by atoms with van der Waals surface area (Å²) in [5.41, 5.74) is -0.110. The molecule has 2 aromatic carbocycles. The number of amides is 1. The van der Waals surface area contributed by atoms with E-state index in [1.54, 1.807) is 32.9 Å². The zero-order chi connectivity index (χ0) is 29.0. The maximum absolute atomic E-state index is 13.8.